The van der Waals surface area contributed by atoms with Crippen LogP contribution in [0.15, 0.2) is 77.6 Å². The molecule has 176 valence electrons. The third-order valence-corrected chi connectivity index (χ3v) is 6.33. The van der Waals surface area contributed by atoms with E-state index in [2.05, 4.69) is 9.97 Å². The first-order chi connectivity index (χ1) is 16.7. The molecule has 0 aliphatic rings. The fourth-order valence-electron chi connectivity index (χ4n) is 4.15. The predicted molar refractivity (Wildman–Crippen MR) is 136 cm³/mol. The van der Waals surface area contributed by atoms with E-state index >= 15 is 0 Å². The summed E-state index contributed by atoms with van der Waals surface area (Å²) in [6.45, 7) is 0.247. The van der Waals surface area contributed by atoms with Gasteiger partial charge in [0.05, 0.1) is 17.3 Å². The number of rotatable bonds is 5. The molecule has 10 heteroatoms. The van der Waals surface area contributed by atoms with Crippen LogP contribution in [0.3, 0.4) is 0 Å². The van der Waals surface area contributed by atoms with E-state index in [0.29, 0.717) is 27.0 Å². The maximum absolute atomic E-state index is 13.4. The largest absolute Gasteiger partial charge is 0.331 e. The van der Waals surface area contributed by atoms with Gasteiger partial charge >= 0.3 is 0 Å². The number of halogens is 1. The number of aromatic nitrogens is 3. The van der Waals surface area contributed by atoms with E-state index in [4.69, 9.17) is 11.6 Å². The molecule has 3 aromatic carbocycles. The minimum atomic E-state index is -3.90. The van der Waals surface area contributed by atoms with E-state index in [1.807, 2.05) is 35.1 Å². The molecule has 5 aromatic rings. The molecule has 0 saturated carbocycles. The molecule has 2 N–H and O–H groups in total. The van der Waals surface area contributed by atoms with Gasteiger partial charge in [-0.15, -0.1) is 0 Å². The Kier molecular flexibility index (Phi) is 5.66. The summed E-state index contributed by atoms with van der Waals surface area (Å²) in [4.78, 5) is 33.9. The molecule has 0 fully saturated rings. The Labute approximate surface area is 205 Å². The molecule has 0 unspecified atom stereocenters. The molecular formula is C25H19ClN4O4S. The lowest BCUT2D eigenvalue weighted by Crippen LogP contribution is -2.32. The summed E-state index contributed by atoms with van der Waals surface area (Å²) in [5, 5.41) is 0.892. The van der Waals surface area contributed by atoms with Gasteiger partial charge in [0.15, 0.2) is 0 Å². The highest BCUT2D eigenvalue weighted by molar-refractivity contribution is 7.89. The van der Waals surface area contributed by atoms with Gasteiger partial charge in [-0.2, -0.15) is 0 Å². The van der Waals surface area contributed by atoms with Gasteiger partial charge in [0.2, 0.25) is 10.0 Å². The molecule has 5 rings (SSSR count). The van der Waals surface area contributed by atoms with Crippen molar-refractivity contribution in [3.63, 3.8) is 0 Å². The summed E-state index contributed by atoms with van der Waals surface area (Å²) in [6.07, 6.45) is 0.896. The molecule has 0 spiro atoms. The van der Waals surface area contributed by atoms with Crippen molar-refractivity contribution in [3.05, 3.63) is 99.4 Å². The van der Waals surface area contributed by atoms with Gasteiger partial charge in [0.1, 0.15) is 11.4 Å². The van der Waals surface area contributed by atoms with Gasteiger partial charge in [0, 0.05) is 28.0 Å². The zero-order valence-corrected chi connectivity index (χ0v) is 20.0. The Hall–Kier alpha value is -3.95. The molecular weight excluding hydrogens is 488 g/mol. The smallest absolute Gasteiger partial charge is 0.282 e. The summed E-state index contributed by atoms with van der Waals surface area (Å²) >= 11 is 6.31. The fourth-order valence-corrected chi connectivity index (χ4v) is 4.75. The van der Waals surface area contributed by atoms with Gasteiger partial charge in [0.25, 0.3) is 11.5 Å². The third kappa shape index (κ3) is 4.43. The van der Waals surface area contributed by atoms with Crippen LogP contribution in [0.2, 0.25) is 5.02 Å². The number of benzene rings is 3. The average molecular weight is 507 g/mol. The predicted octanol–water partition coefficient (Wildman–Crippen LogP) is 3.94. The van der Waals surface area contributed by atoms with Crippen LogP contribution in [0.1, 0.15) is 16.1 Å². The van der Waals surface area contributed by atoms with Crippen molar-refractivity contribution in [2.75, 3.05) is 6.26 Å². The zero-order chi connectivity index (χ0) is 24.7. The quantitative estimate of drug-likeness (QED) is 0.375. The summed E-state index contributed by atoms with van der Waals surface area (Å²) in [6, 6.07) is 21.4. The topological polar surface area (TPSA) is 114 Å². The van der Waals surface area contributed by atoms with Crippen LogP contribution in [0.4, 0.5) is 0 Å². The van der Waals surface area contributed by atoms with Crippen molar-refractivity contribution in [2.45, 2.75) is 6.54 Å². The molecule has 35 heavy (non-hydrogen) atoms. The van der Waals surface area contributed by atoms with E-state index < -0.39 is 21.5 Å². The Bertz CT molecular complexity index is 1780. The molecule has 1 amide bonds. The molecule has 8 nitrogen and oxygen atoms in total. The van der Waals surface area contributed by atoms with E-state index in [1.54, 1.807) is 47.0 Å². The van der Waals surface area contributed by atoms with Crippen molar-refractivity contribution in [3.8, 4) is 11.3 Å². The van der Waals surface area contributed by atoms with E-state index in [0.717, 1.165) is 11.8 Å². The van der Waals surface area contributed by atoms with Crippen molar-refractivity contribution in [1.29, 1.82) is 0 Å². The highest BCUT2D eigenvalue weighted by Gasteiger charge is 2.28. The summed E-state index contributed by atoms with van der Waals surface area (Å²) in [5.74, 6) is -0.875. The van der Waals surface area contributed by atoms with Gasteiger partial charge in [-0.25, -0.2) is 18.1 Å². The van der Waals surface area contributed by atoms with E-state index in [-0.39, 0.29) is 23.5 Å². The van der Waals surface area contributed by atoms with Crippen LogP contribution in [0, 0.1) is 0 Å². The number of para-hydroxylation sites is 2. The average Bonchev–Trinajstić information content (AvgIpc) is 3.11. The van der Waals surface area contributed by atoms with Crippen LogP contribution in [0.25, 0.3) is 33.2 Å². The first-order valence-corrected chi connectivity index (χ1v) is 12.9. The fraction of sp³-hybridized carbons (Fsp3) is 0.0800. The molecule has 0 bridgehead atoms. The van der Waals surface area contributed by atoms with Crippen LogP contribution in [0.5, 0.6) is 0 Å². The Morgan fingerprint density at radius 3 is 2.51 bits per heavy atom. The number of carbonyl (C=O) groups is 1. The minimum absolute atomic E-state index is 0.00942. The van der Waals surface area contributed by atoms with Gasteiger partial charge in [-0.1, -0.05) is 54.1 Å². The van der Waals surface area contributed by atoms with Crippen molar-refractivity contribution >= 4 is 49.5 Å². The minimum Gasteiger partial charge on any atom is -0.331 e. The maximum Gasteiger partial charge on any atom is 0.282 e. The van der Waals surface area contributed by atoms with Crippen molar-refractivity contribution in [2.24, 2.45) is 0 Å². The number of hydrogen-bond acceptors (Lipinski definition) is 5. The SMILES string of the molecule is CS(=O)(=O)NC(=O)c1c(-c2nc3ccccc3[nH]c2=O)c2cc(Cl)ccc2n1Cc1ccccc1. The number of nitrogens with zero attached hydrogens (tertiary/aromatic N) is 2. The van der Waals surface area contributed by atoms with Crippen LogP contribution in [-0.2, 0) is 16.6 Å². The van der Waals surface area contributed by atoms with E-state index in [1.165, 1.54) is 0 Å². The number of fused-ring (bicyclic) bond motifs is 2. The second kappa shape index (κ2) is 8.68. The normalized spacial score (nSPS) is 11.7. The van der Waals surface area contributed by atoms with Crippen molar-refractivity contribution in [1.82, 2.24) is 19.3 Å². The van der Waals surface area contributed by atoms with Gasteiger partial charge in [-0.05, 0) is 35.9 Å². The number of aromatic amines is 1. The molecule has 0 atom stereocenters. The monoisotopic (exact) mass is 506 g/mol. The maximum atomic E-state index is 13.4. The molecule has 2 heterocycles. The third-order valence-electron chi connectivity index (χ3n) is 5.54. The Balaban J connectivity index is 1.88. The summed E-state index contributed by atoms with van der Waals surface area (Å²) in [7, 11) is -3.90. The lowest BCUT2D eigenvalue weighted by atomic mass is 10.1. The van der Waals surface area contributed by atoms with Crippen molar-refractivity contribution < 1.29 is 13.2 Å². The lowest BCUT2D eigenvalue weighted by molar-refractivity contribution is 0.0974. The highest BCUT2D eigenvalue weighted by atomic mass is 35.5. The molecule has 2 aromatic heterocycles. The Morgan fingerprint density at radius 2 is 1.77 bits per heavy atom. The molecule has 0 saturated heterocycles. The van der Waals surface area contributed by atoms with E-state index in [9.17, 15) is 18.0 Å². The zero-order valence-electron chi connectivity index (χ0n) is 18.4. The molecule has 0 radical (unpaired) electrons. The first kappa shape index (κ1) is 22.8. The first-order valence-electron chi connectivity index (χ1n) is 10.6. The number of amides is 1. The molecule has 0 aliphatic carbocycles. The molecule has 0 aliphatic heterocycles. The number of nitrogens with one attached hydrogen (secondary N) is 2. The number of H-pyrrole nitrogens is 1. The number of sulfonamides is 1. The standard InChI is InChI=1S/C25H19ClN4O4S/c1-35(33,34)29-25(32)23-21(22-24(31)28-19-10-6-5-9-18(19)27-22)17-13-16(26)11-12-20(17)30(23)14-15-7-3-2-4-8-15/h2-13H,14H2,1H3,(H,28,31)(H,29,32). The highest BCUT2D eigenvalue weighted by Crippen LogP contribution is 2.35. The van der Waals surface area contributed by atoms with Crippen LogP contribution >= 0.6 is 11.6 Å². The summed E-state index contributed by atoms with van der Waals surface area (Å²) in [5.41, 5.74) is 2.19. The number of hydrogen-bond donors (Lipinski definition) is 2. The summed E-state index contributed by atoms with van der Waals surface area (Å²) < 4.78 is 27.7. The van der Waals surface area contributed by atoms with Gasteiger partial charge < -0.3 is 9.55 Å². The van der Waals surface area contributed by atoms with Crippen LogP contribution < -0.4 is 10.3 Å². The van der Waals surface area contributed by atoms with Gasteiger partial charge in [-0.3, -0.25) is 9.59 Å². The Morgan fingerprint density at radius 1 is 1.06 bits per heavy atom. The second-order valence-electron chi connectivity index (χ2n) is 8.09. The second-order valence-corrected chi connectivity index (χ2v) is 10.3. The lowest BCUT2D eigenvalue weighted by Gasteiger charge is -2.12. The number of carbonyl (C=O) groups excluding carboxylic acids is 1. The van der Waals surface area contributed by atoms with Crippen LogP contribution in [-0.4, -0.2) is 35.1 Å².